The monoisotopic (exact) mass is 442 g/mol. The van der Waals surface area contributed by atoms with Gasteiger partial charge >= 0.3 is 0 Å². The molecule has 6 nitrogen and oxygen atoms in total. The summed E-state index contributed by atoms with van der Waals surface area (Å²) < 4.78 is 11.3. The van der Waals surface area contributed by atoms with Crippen molar-refractivity contribution in [2.75, 3.05) is 26.2 Å². The standard InChI is InChI=1S/C27H30N4O2/c1-19-9-10-24-25(28-19)7-4-8-26(24)32-16-15-31-13-11-21(12-14-31)17-22-5-3-6-23(18-22)27-29-20(2)33-30-27/h3-10,18,21H,11-17H2,1-2H3. The molecule has 0 amide bonds. The van der Waals surface area contributed by atoms with Gasteiger partial charge < -0.3 is 9.26 Å². The Bertz CT molecular complexity index is 1230. The largest absolute Gasteiger partial charge is 0.492 e. The third-order valence-corrected chi connectivity index (χ3v) is 6.44. The van der Waals surface area contributed by atoms with Crippen LogP contribution in [0.4, 0.5) is 0 Å². The van der Waals surface area contributed by atoms with Crippen molar-refractivity contribution in [3.63, 3.8) is 0 Å². The van der Waals surface area contributed by atoms with Crippen LogP contribution in [0.3, 0.4) is 0 Å². The van der Waals surface area contributed by atoms with Crippen LogP contribution >= 0.6 is 0 Å². The van der Waals surface area contributed by atoms with Crippen LogP contribution in [0, 0.1) is 19.8 Å². The summed E-state index contributed by atoms with van der Waals surface area (Å²) in [6.45, 7) is 7.72. The molecule has 2 aromatic heterocycles. The zero-order valence-corrected chi connectivity index (χ0v) is 19.3. The second-order valence-corrected chi connectivity index (χ2v) is 8.95. The molecule has 0 spiro atoms. The lowest BCUT2D eigenvalue weighted by Gasteiger charge is -2.32. The fourth-order valence-corrected chi connectivity index (χ4v) is 4.64. The Morgan fingerprint density at radius 1 is 1.00 bits per heavy atom. The first-order chi connectivity index (χ1) is 16.1. The topological polar surface area (TPSA) is 64.3 Å². The van der Waals surface area contributed by atoms with Gasteiger partial charge in [0.25, 0.3) is 0 Å². The number of piperidine rings is 1. The van der Waals surface area contributed by atoms with Crippen LogP contribution in [0.25, 0.3) is 22.3 Å². The van der Waals surface area contributed by atoms with E-state index in [4.69, 9.17) is 9.26 Å². The van der Waals surface area contributed by atoms with Gasteiger partial charge in [-0.15, -0.1) is 0 Å². The Kier molecular flexibility index (Phi) is 6.35. The first kappa shape index (κ1) is 21.6. The molecule has 1 saturated heterocycles. The highest BCUT2D eigenvalue weighted by Gasteiger charge is 2.20. The lowest BCUT2D eigenvalue weighted by molar-refractivity contribution is 0.155. The number of aryl methyl sites for hydroxylation is 2. The smallest absolute Gasteiger partial charge is 0.223 e. The Morgan fingerprint density at radius 2 is 1.85 bits per heavy atom. The number of likely N-dealkylation sites (tertiary alicyclic amines) is 1. The summed E-state index contributed by atoms with van der Waals surface area (Å²) in [4.78, 5) is 11.5. The zero-order chi connectivity index (χ0) is 22.6. The molecule has 0 atom stereocenters. The number of fused-ring (bicyclic) bond motifs is 1. The second-order valence-electron chi connectivity index (χ2n) is 8.95. The number of ether oxygens (including phenoxy) is 1. The van der Waals surface area contributed by atoms with E-state index in [1.54, 1.807) is 0 Å². The van der Waals surface area contributed by atoms with Gasteiger partial charge in [0.2, 0.25) is 11.7 Å². The predicted octanol–water partition coefficient (Wildman–Crippen LogP) is 5.24. The summed E-state index contributed by atoms with van der Waals surface area (Å²) in [5, 5.41) is 5.13. The van der Waals surface area contributed by atoms with E-state index in [2.05, 4.69) is 44.3 Å². The van der Waals surface area contributed by atoms with Crippen LogP contribution in [-0.2, 0) is 6.42 Å². The molecule has 0 saturated carbocycles. The molecule has 0 aliphatic carbocycles. The molecule has 6 heteroatoms. The van der Waals surface area contributed by atoms with Crippen LogP contribution in [0.5, 0.6) is 5.75 Å². The van der Waals surface area contributed by atoms with E-state index in [0.29, 0.717) is 24.2 Å². The van der Waals surface area contributed by atoms with Crippen LogP contribution in [0.15, 0.2) is 59.1 Å². The molecule has 170 valence electrons. The molecule has 1 fully saturated rings. The van der Waals surface area contributed by atoms with E-state index in [1.165, 1.54) is 18.4 Å². The van der Waals surface area contributed by atoms with E-state index >= 15 is 0 Å². The lowest BCUT2D eigenvalue weighted by Crippen LogP contribution is -2.37. The minimum absolute atomic E-state index is 0.596. The van der Waals surface area contributed by atoms with Gasteiger partial charge in [0.1, 0.15) is 12.4 Å². The van der Waals surface area contributed by atoms with E-state index in [0.717, 1.165) is 54.0 Å². The molecule has 3 heterocycles. The number of rotatable bonds is 7. The van der Waals surface area contributed by atoms with Crippen molar-refractivity contribution in [1.29, 1.82) is 0 Å². The van der Waals surface area contributed by atoms with Gasteiger partial charge in [-0.2, -0.15) is 4.98 Å². The average molecular weight is 443 g/mol. The Labute approximate surface area is 194 Å². The van der Waals surface area contributed by atoms with Crippen molar-refractivity contribution in [3.05, 3.63) is 71.7 Å². The maximum Gasteiger partial charge on any atom is 0.223 e. The van der Waals surface area contributed by atoms with Crippen molar-refractivity contribution < 1.29 is 9.26 Å². The summed E-state index contributed by atoms with van der Waals surface area (Å²) in [7, 11) is 0. The minimum atomic E-state index is 0.596. The highest BCUT2D eigenvalue weighted by Crippen LogP contribution is 2.26. The van der Waals surface area contributed by atoms with Crippen LogP contribution in [0.2, 0.25) is 0 Å². The maximum absolute atomic E-state index is 6.14. The maximum atomic E-state index is 6.14. The van der Waals surface area contributed by atoms with Gasteiger partial charge in [-0.3, -0.25) is 9.88 Å². The third kappa shape index (κ3) is 5.22. The zero-order valence-electron chi connectivity index (χ0n) is 19.3. The van der Waals surface area contributed by atoms with Gasteiger partial charge in [0, 0.05) is 30.1 Å². The molecule has 1 aliphatic rings. The number of pyridine rings is 1. The first-order valence-electron chi connectivity index (χ1n) is 11.8. The quantitative estimate of drug-likeness (QED) is 0.390. The van der Waals surface area contributed by atoms with Crippen molar-refractivity contribution in [1.82, 2.24) is 20.0 Å². The Balaban J connectivity index is 1.10. The highest BCUT2D eigenvalue weighted by atomic mass is 16.5. The number of hydrogen-bond acceptors (Lipinski definition) is 6. The van der Waals surface area contributed by atoms with Gasteiger partial charge in [-0.25, -0.2) is 0 Å². The van der Waals surface area contributed by atoms with Crippen LogP contribution in [-0.4, -0.2) is 46.3 Å². The molecule has 0 radical (unpaired) electrons. The summed E-state index contributed by atoms with van der Waals surface area (Å²) in [5.41, 5.74) is 4.39. The van der Waals surface area contributed by atoms with Gasteiger partial charge in [0.15, 0.2) is 0 Å². The van der Waals surface area contributed by atoms with Crippen LogP contribution < -0.4 is 4.74 Å². The SMILES string of the molecule is Cc1ccc2c(OCCN3CCC(Cc4cccc(-c5noc(C)n5)c4)CC3)cccc2n1. The number of benzene rings is 2. The van der Waals surface area contributed by atoms with Crippen molar-refractivity contribution in [2.24, 2.45) is 5.92 Å². The van der Waals surface area contributed by atoms with E-state index in [-0.39, 0.29) is 0 Å². The fourth-order valence-electron chi connectivity index (χ4n) is 4.64. The molecule has 5 rings (SSSR count). The average Bonchev–Trinajstić information content (AvgIpc) is 3.27. The Hall–Kier alpha value is -3.25. The van der Waals surface area contributed by atoms with E-state index in [9.17, 15) is 0 Å². The normalized spacial score (nSPS) is 15.2. The molecule has 2 aromatic carbocycles. The van der Waals surface area contributed by atoms with Crippen molar-refractivity contribution in [2.45, 2.75) is 33.1 Å². The van der Waals surface area contributed by atoms with Gasteiger partial charge in [0.05, 0.1) is 5.52 Å². The lowest BCUT2D eigenvalue weighted by atomic mass is 9.89. The summed E-state index contributed by atoms with van der Waals surface area (Å²) in [6.07, 6.45) is 3.52. The molecule has 4 aromatic rings. The molecule has 0 N–H and O–H groups in total. The van der Waals surface area contributed by atoms with Gasteiger partial charge in [-0.1, -0.05) is 29.4 Å². The molecule has 1 aliphatic heterocycles. The number of hydrogen-bond donors (Lipinski definition) is 0. The first-order valence-corrected chi connectivity index (χ1v) is 11.8. The van der Waals surface area contributed by atoms with E-state index < -0.39 is 0 Å². The molecule has 33 heavy (non-hydrogen) atoms. The predicted molar refractivity (Wildman–Crippen MR) is 129 cm³/mol. The summed E-state index contributed by atoms with van der Waals surface area (Å²) >= 11 is 0. The molecule has 0 unspecified atom stereocenters. The van der Waals surface area contributed by atoms with Crippen molar-refractivity contribution >= 4 is 10.9 Å². The fraction of sp³-hybridized carbons (Fsp3) is 0.370. The summed E-state index contributed by atoms with van der Waals surface area (Å²) in [5.74, 6) is 2.89. The Morgan fingerprint density at radius 3 is 2.67 bits per heavy atom. The molecule has 0 bridgehead atoms. The number of nitrogens with zero attached hydrogens (tertiary/aromatic N) is 4. The minimum Gasteiger partial charge on any atom is -0.492 e. The van der Waals surface area contributed by atoms with Crippen LogP contribution in [0.1, 0.15) is 30.0 Å². The second kappa shape index (κ2) is 9.71. The summed E-state index contributed by atoms with van der Waals surface area (Å²) in [6, 6.07) is 18.8. The highest BCUT2D eigenvalue weighted by molar-refractivity contribution is 5.85. The molecular weight excluding hydrogens is 412 g/mol. The molecular formula is C27H30N4O2. The van der Waals surface area contributed by atoms with Crippen molar-refractivity contribution in [3.8, 4) is 17.1 Å². The van der Waals surface area contributed by atoms with E-state index in [1.807, 2.05) is 44.2 Å². The third-order valence-electron chi connectivity index (χ3n) is 6.44. The van der Waals surface area contributed by atoms with Gasteiger partial charge in [-0.05, 0) is 81.1 Å². The number of aromatic nitrogens is 3.